The first-order valence-electron chi connectivity index (χ1n) is 9.78. The molecule has 4 rings (SSSR count). The molecule has 152 valence electrons. The standard InChI is InChI=1S/C22H23F2N3O2/c23-18-6-4-16(5-7-18)14-27(20-8-10-28-11-9-20)15-22-25-21(26-29-22)13-17-2-1-3-19(24)12-17/h1-7,12,20H,8-11,13-15H2. The zero-order chi connectivity index (χ0) is 20.1. The molecule has 1 fully saturated rings. The van der Waals surface area contributed by atoms with E-state index in [1.807, 2.05) is 6.07 Å². The molecular weight excluding hydrogens is 376 g/mol. The molecule has 5 nitrogen and oxygen atoms in total. The Morgan fingerprint density at radius 2 is 1.72 bits per heavy atom. The van der Waals surface area contributed by atoms with Crippen LogP contribution < -0.4 is 0 Å². The van der Waals surface area contributed by atoms with Crippen molar-refractivity contribution in [3.63, 3.8) is 0 Å². The van der Waals surface area contributed by atoms with Crippen LogP contribution in [0.15, 0.2) is 53.1 Å². The van der Waals surface area contributed by atoms with Crippen molar-refractivity contribution in [3.05, 3.63) is 83.0 Å². The zero-order valence-corrected chi connectivity index (χ0v) is 16.1. The van der Waals surface area contributed by atoms with Crippen molar-refractivity contribution in [2.24, 2.45) is 0 Å². The number of ether oxygens (including phenoxy) is 1. The van der Waals surface area contributed by atoms with E-state index in [4.69, 9.17) is 9.26 Å². The number of aromatic nitrogens is 2. The Bertz CT molecular complexity index is 924. The summed E-state index contributed by atoms with van der Waals surface area (Å²) in [6, 6.07) is 13.2. The van der Waals surface area contributed by atoms with Crippen molar-refractivity contribution in [2.45, 2.75) is 38.4 Å². The molecule has 2 aromatic carbocycles. The molecule has 0 N–H and O–H groups in total. The van der Waals surface area contributed by atoms with Gasteiger partial charge in [0, 0.05) is 32.2 Å². The molecule has 3 aromatic rings. The third-order valence-electron chi connectivity index (χ3n) is 5.11. The van der Waals surface area contributed by atoms with Gasteiger partial charge >= 0.3 is 0 Å². The summed E-state index contributed by atoms with van der Waals surface area (Å²) in [7, 11) is 0. The largest absolute Gasteiger partial charge is 0.381 e. The predicted molar refractivity (Wildman–Crippen MR) is 103 cm³/mol. The third kappa shape index (κ3) is 5.46. The Hall–Kier alpha value is -2.64. The molecule has 1 saturated heterocycles. The van der Waals surface area contributed by atoms with E-state index in [1.165, 1.54) is 24.3 Å². The van der Waals surface area contributed by atoms with E-state index >= 15 is 0 Å². The quantitative estimate of drug-likeness (QED) is 0.598. The fraction of sp³-hybridized carbons (Fsp3) is 0.364. The second kappa shape index (κ2) is 9.24. The second-order valence-electron chi connectivity index (χ2n) is 7.29. The van der Waals surface area contributed by atoms with Gasteiger partial charge in [0.2, 0.25) is 5.89 Å². The highest BCUT2D eigenvalue weighted by Crippen LogP contribution is 2.20. The van der Waals surface area contributed by atoms with E-state index in [1.54, 1.807) is 18.2 Å². The molecule has 0 spiro atoms. The number of benzene rings is 2. The van der Waals surface area contributed by atoms with Crippen molar-refractivity contribution in [2.75, 3.05) is 13.2 Å². The Balaban J connectivity index is 1.46. The van der Waals surface area contributed by atoms with Gasteiger partial charge in [-0.05, 0) is 48.2 Å². The van der Waals surface area contributed by atoms with Crippen LogP contribution in [0.2, 0.25) is 0 Å². The molecule has 0 unspecified atom stereocenters. The lowest BCUT2D eigenvalue weighted by atomic mass is 10.1. The molecule has 0 radical (unpaired) electrons. The van der Waals surface area contributed by atoms with E-state index in [0.29, 0.717) is 37.3 Å². The van der Waals surface area contributed by atoms with Crippen molar-refractivity contribution in [1.82, 2.24) is 15.0 Å². The first-order chi connectivity index (χ1) is 14.2. The lowest BCUT2D eigenvalue weighted by Crippen LogP contribution is -2.38. The lowest BCUT2D eigenvalue weighted by molar-refractivity contribution is 0.0239. The van der Waals surface area contributed by atoms with Gasteiger partial charge < -0.3 is 9.26 Å². The van der Waals surface area contributed by atoms with Crippen molar-refractivity contribution in [3.8, 4) is 0 Å². The second-order valence-corrected chi connectivity index (χ2v) is 7.29. The van der Waals surface area contributed by atoms with E-state index in [-0.39, 0.29) is 11.6 Å². The first-order valence-corrected chi connectivity index (χ1v) is 9.78. The first kappa shape index (κ1) is 19.7. The van der Waals surface area contributed by atoms with E-state index in [0.717, 1.165) is 37.2 Å². The smallest absolute Gasteiger partial charge is 0.240 e. The van der Waals surface area contributed by atoms with E-state index < -0.39 is 0 Å². The van der Waals surface area contributed by atoms with E-state index in [2.05, 4.69) is 15.0 Å². The predicted octanol–water partition coefficient (Wildman–Crippen LogP) is 4.12. The van der Waals surface area contributed by atoms with Crippen LogP contribution in [0.5, 0.6) is 0 Å². The molecule has 1 aromatic heterocycles. The lowest BCUT2D eigenvalue weighted by Gasteiger charge is -2.33. The van der Waals surface area contributed by atoms with Gasteiger partial charge in [-0.2, -0.15) is 4.98 Å². The van der Waals surface area contributed by atoms with Crippen LogP contribution in [-0.4, -0.2) is 34.3 Å². The van der Waals surface area contributed by atoms with Crippen LogP contribution in [0.3, 0.4) is 0 Å². The minimum absolute atomic E-state index is 0.245. The molecule has 0 bridgehead atoms. The SMILES string of the molecule is Fc1ccc(CN(Cc2nc(Cc3cccc(F)c3)no2)C2CCOCC2)cc1. The monoisotopic (exact) mass is 399 g/mol. The fourth-order valence-electron chi connectivity index (χ4n) is 3.62. The number of hydrogen-bond donors (Lipinski definition) is 0. The maximum atomic E-state index is 13.4. The average Bonchev–Trinajstić information content (AvgIpc) is 3.16. The number of hydrogen-bond acceptors (Lipinski definition) is 5. The number of halogens is 2. The van der Waals surface area contributed by atoms with Gasteiger partial charge in [-0.3, -0.25) is 4.90 Å². The fourth-order valence-corrected chi connectivity index (χ4v) is 3.62. The highest BCUT2D eigenvalue weighted by atomic mass is 19.1. The highest BCUT2D eigenvalue weighted by molar-refractivity contribution is 5.20. The maximum Gasteiger partial charge on any atom is 0.240 e. The molecule has 7 heteroatoms. The van der Waals surface area contributed by atoms with Gasteiger partial charge in [-0.1, -0.05) is 29.4 Å². The van der Waals surface area contributed by atoms with Crippen LogP contribution in [0, 0.1) is 11.6 Å². The minimum atomic E-state index is -0.281. The van der Waals surface area contributed by atoms with Gasteiger partial charge in [0.25, 0.3) is 0 Å². The van der Waals surface area contributed by atoms with Crippen molar-refractivity contribution in [1.29, 1.82) is 0 Å². The van der Waals surface area contributed by atoms with Gasteiger partial charge in [-0.25, -0.2) is 8.78 Å². The minimum Gasteiger partial charge on any atom is -0.381 e. The van der Waals surface area contributed by atoms with Gasteiger partial charge in [0.1, 0.15) is 11.6 Å². The van der Waals surface area contributed by atoms with E-state index in [9.17, 15) is 8.78 Å². The maximum absolute atomic E-state index is 13.4. The Morgan fingerprint density at radius 3 is 2.48 bits per heavy atom. The van der Waals surface area contributed by atoms with Gasteiger partial charge in [0.05, 0.1) is 6.54 Å². The molecule has 0 atom stereocenters. The topological polar surface area (TPSA) is 51.4 Å². The third-order valence-corrected chi connectivity index (χ3v) is 5.11. The summed E-state index contributed by atoms with van der Waals surface area (Å²) in [4.78, 5) is 6.77. The highest BCUT2D eigenvalue weighted by Gasteiger charge is 2.24. The van der Waals surface area contributed by atoms with Gasteiger partial charge in [-0.15, -0.1) is 0 Å². The molecule has 1 aliphatic heterocycles. The summed E-state index contributed by atoms with van der Waals surface area (Å²) in [5.41, 5.74) is 1.82. The normalized spacial score (nSPS) is 15.1. The van der Waals surface area contributed by atoms with Crippen LogP contribution >= 0.6 is 0 Å². The summed E-state index contributed by atoms with van der Waals surface area (Å²) >= 11 is 0. The molecule has 29 heavy (non-hydrogen) atoms. The summed E-state index contributed by atoms with van der Waals surface area (Å²) in [6.07, 6.45) is 2.26. The van der Waals surface area contributed by atoms with Crippen molar-refractivity contribution >= 4 is 0 Å². The molecule has 1 aliphatic rings. The van der Waals surface area contributed by atoms with Crippen LogP contribution in [0.1, 0.15) is 35.7 Å². The molecule has 0 saturated carbocycles. The van der Waals surface area contributed by atoms with Crippen LogP contribution in [0.25, 0.3) is 0 Å². The Kier molecular flexibility index (Phi) is 6.27. The van der Waals surface area contributed by atoms with Crippen LogP contribution in [0.4, 0.5) is 8.78 Å². The van der Waals surface area contributed by atoms with Gasteiger partial charge in [0.15, 0.2) is 5.82 Å². The molecule has 0 amide bonds. The molecular formula is C22H23F2N3O2. The number of rotatable bonds is 7. The summed E-state index contributed by atoms with van der Waals surface area (Å²) in [6.45, 7) is 2.60. The zero-order valence-electron chi connectivity index (χ0n) is 16.1. The summed E-state index contributed by atoms with van der Waals surface area (Å²) in [5, 5.41) is 4.05. The molecule has 0 aliphatic carbocycles. The molecule has 2 heterocycles. The number of nitrogens with zero attached hydrogens (tertiary/aromatic N) is 3. The van der Waals surface area contributed by atoms with Crippen molar-refractivity contribution < 1.29 is 18.0 Å². The Morgan fingerprint density at radius 1 is 0.931 bits per heavy atom. The average molecular weight is 399 g/mol. The van der Waals surface area contributed by atoms with Crippen LogP contribution in [-0.2, 0) is 24.2 Å². The summed E-state index contributed by atoms with van der Waals surface area (Å²) in [5.74, 6) is 0.519. The summed E-state index contributed by atoms with van der Waals surface area (Å²) < 4.78 is 37.6. The Labute approximate surface area is 168 Å².